The largest absolute Gasteiger partial charge is 0.473 e. The molecule has 232 valence electrons. The minimum absolute atomic E-state index is 0.0300. The number of nitrogens with zero attached hydrogens (tertiary/aromatic N) is 7. The van der Waals surface area contributed by atoms with Gasteiger partial charge in [0.1, 0.15) is 6.10 Å². The number of likely N-dealkylation sites (tertiary alicyclic amines) is 1. The quantitative estimate of drug-likeness (QED) is 0.170. The van der Waals surface area contributed by atoms with Gasteiger partial charge in [-0.25, -0.2) is 15.0 Å². The van der Waals surface area contributed by atoms with Crippen LogP contribution in [0.2, 0.25) is 0 Å². The number of hydrogen-bond donors (Lipinski definition) is 4. The van der Waals surface area contributed by atoms with Crippen molar-refractivity contribution in [2.24, 2.45) is 7.05 Å². The number of carbonyl (C=O) groups excluding carboxylic acids is 1. The number of fused-ring (bicyclic) bond motifs is 1. The van der Waals surface area contributed by atoms with Crippen molar-refractivity contribution in [2.45, 2.75) is 51.7 Å². The van der Waals surface area contributed by atoms with Crippen molar-refractivity contribution >= 4 is 40.2 Å². The highest BCUT2D eigenvalue weighted by atomic mass is 16.5. The molecule has 1 aliphatic heterocycles. The number of rotatable bonds is 11. The van der Waals surface area contributed by atoms with Gasteiger partial charge >= 0.3 is 0 Å². The van der Waals surface area contributed by atoms with Crippen LogP contribution in [-0.4, -0.2) is 77.3 Å². The maximum absolute atomic E-state index is 13.2. The number of aromatic amines is 1. The summed E-state index contributed by atoms with van der Waals surface area (Å²) in [5, 5.41) is 15.1. The average Bonchev–Trinajstić information content (AvgIpc) is 3.40. The third-order valence-electron chi connectivity index (χ3n) is 8.27. The Morgan fingerprint density at radius 1 is 1.13 bits per heavy atom. The van der Waals surface area contributed by atoms with E-state index in [1.165, 1.54) is 0 Å². The summed E-state index contributed by atoms with van der Waals surface area (Å²) in [5.74, 6) is 2.25. The van der Waals surface area contributed by atoms with E-state index in [0.717, 1.165) is 71.3 Å². The van der Waals surface area contributed by atoms with Crippen LogP contribution in [0.5, 0.6) is 5.88 Å². The van der Waals surface area contributed by atoms with Crippen molar-refractivity contribution in [3.63, 3.8) is 0 Å². The molecule has 1 saturated carbocycles. The van der Waals surface area contributed by atoms with Crippen LogP contribution in [-0.2, 0) is 18.3 Å². The Labute approximate surface area is 260 Å². The van der Waals surface area contributed by atoms with Gasteiger partial charge in [0.2, 0.25) is 23.7 Å². The summed E-state index contributed by atoms with van der Waals surface area (Å²) in [7, 11) is 1.90. The molecule has 1 aliphatic carbocycles. The number of anilines is 4. The molecule has 0 spiro atoms. The zero-order valence-corrected chi connectivity index (χ0v) is 25.7. The second-order valence-electron chi connectivity index (χ2n) is 11.7. The van der Waals surface area contributed by atoms with Crippen molar-refractivity contribution in [3.8, 4) is 17.1 Å². The van der Waals surface area contributed by atoms with Gasteiger partial charge in [0, 0.05) is 73.5 Å². The first-order valence-electron chi connectivity index (χ1n) is 15.4. The van der Waals surface area contributed by atoms with E-state index in [2.05, 4.69) is 52.8 Å². The van der Waals surface area contributed by atoms with Crippen molar-refractivity contribution in [3.05, 3.63) is 60.2 Å². The van der Waals surface area contributed by atoms with Gasteiger partial charge in [0.15, 0.2) is 5.82 Å². The highest BCUT2D eigenvalue weighted by molar-refractivity contribution is 6.06. The second kappa shape index (κ2) is 12.2. The molecule has 1 atom stereocenters. The molecule has 2 fully saturated rings. The summed E-state index contributed by atoms with van der Waals surface area (Å²) in [6.07, 6.45) is 9.39. The molecule has 5 heterocycles. The number of amides is 1. The summed E-state index contributed by atoms with van der Waals surface area (Å²) in [6, 6.07) is 10.1. The lowest BCUT2D eigenvalue weighted by molar-refractivity contribution is -0.117. The maximum Gasteiger partial charge on any atom is 0.238 e. The summed E-state index contributed by atoms with van der Waals surface area (Å²) < 4.78 is 7.93. The molecule has 4 aromatic heterocycles. The molecule has 1 aromatic carbocycles. The van der Waals surface area contributed by atoms with E-state index < -0.39 is 0 Å². The summed E-state index contributed by atoms with van der Waals surface area (Å²) in [5.41, 5.74) is 5.40. The summed E-state index contributed by atoms with van der Waals surface area (Å²) in [4.78, 5) is 36.8. The molecular formula is C32H37N11O2. The van der Waals surface area contributed by atoms with Crippen LogP contribution < -0.4 is 20.7 Å². The third-order valence-corrected chi connectivity index (χ3v) is 8.27. The molecule has 4 N–H and O–H groups in total. The Morgan fingerprint density at radius 3 is 2.82 bits per heavy atom. The highest BCUT2D eigenvalue weighted by Crippen LogP contribution is 2.34. The molecule has 13 heteroatoms. The predicted molar refractivity (Wildman–Crippen MR) is 173 cm³/mol. The van der Waals surface area contributed by atoms with Crippen LogP contribution in [0.15, 0.2) is 48.9 Å². The number of aryl methyl sites for hydroxylation is 3. The number of carbonyl (C=O) groups is 1. The minimum atomic E-state index is -0.0781. The van der Waals surface area contributed by atoms with Crippen molar-refractivity contribution in [2.75, 3.05) is 35.6 Å². The standard InChI is InChI=1S/C32H37N11O2/c1-4-20-15-35-32(38-26-14-19(2)42(3)41-26)40-29(20)24-16-34-30-23(24)6-5-7-25(30)37-27(44)18-43-13-11-22(17-43)45-28-10-12-33-31(39-28)36-21-8-9-21/h5-7,10,12,14-16,21-22,34H,4,8-9,11,13,17-18H2,1-3H3,(H,37,44)(H,33,36,39)(H,35,38,40,41)/t22-/m0/s1. The smallest absolute Gasteiger partial charge is 0.238 e. The van der Waals surface area contributed by atoms with Crippen LogP contribution in [0, 0.1) is 6.92 Å². The van der Waals surface area contributed by atoms with Gasteiger partial charge in [-0.3, -0.25) is 14.4 Å². The van der Waals surface area contributed by atoms with E-state index in [4.69, 9.17) is 9.72 Å². The number of hydrogen-bond acceptors (Lipinski definition) is 10. The number of aromatic nitrogens is 7. The SMILES string of the molecule is CCc1cnc(Nc2cc(C)n(C)n2)nc1-c1c[nH]c2c(NC(=O)CN3CC[C@H](Oc4ccnc(NC5CC5)n4)C3)cccc12. The van der Waals surface area contributed by atoms with Gasteiger partial charge in [-0.2, -0.15) is 10.1 Å². The fraction of sp³-hybridized carbons (Fsp3) is 0.375. The second-order valence-corrected chi connectivity index (χ2v) is 11.7. The molecule has 2 aliphatic rings. The van der Waals surface area contributed by atoms with Crippen LogP contribution in [0.1, 0.15) is 37.4 Å². The molecule has 45 heavy (non-hydrogen) atoms. The third kappa shape index (κ3) is 6.43. The molecule has 13 nitrogen and oxygen atoms in total. The zero-order valence-electron chi connectivity index (χ0n) is 25.7. The Hall–Kier alpha value is -5.04. The molecule has 0 radical (unpaired) electrons. The van der Waals surface area contributed by atoms with Crippen LogP contribution in [0.3, 0.4) is 0 Å². The summed E-state index contributed by atoms with van der Waals surface area (Å²) in [6.45, 7) is 5.78. The number of nitrogens with one attached hydrogen (secondary N) is 4. The fourth-order valence-electron chi connectivity index (χ4n) is 5.64. The molecule has 0 bridgehead atoms. The van der Waals surface area contributed by atoms with Crippen LogP contribution in [0.25, 0.3) is 22.2 Å². The Bertz CT molecular complexity index is 1820. The average molecular weight is 608 g/mol. The summed E-state index contributed by atoms with van der Waals surface area (Å²) >= 11 is 0. The number of para-hydroxylation sites is 1. The normalized spacial score (nSPS) is 16.6. The number of H-pyrrole nitrogens is 1. The lowest BCUT2D eigenvalue weighted by atomic mass is 10.0. The lowest BCUT2D eigenvalue weighted by Crippen LogP contribution is -2.33. The molecule has 5 aromatic rings. The van der Waals surface area contributed by atoms with Crippen LogP contribution >= 0.6 is 0 Å². The zero-order chi connectivity index (χ0) is 30.9. The molecule has 7 rings (SSSR count). The van der Waals surface area contributed by atoms with E-state index in [0.29, 0.717) is 36.2 Å². The topological polar surface area (TPSA) is 151 Å². The van der Waals surface area contributed by atoms with Crippen molar-refractivity contribution in [1.29, 1.82) is 0 Å². The monoisotopic (exact) mass is 607 g/mol. The van der Waals surface area contributed by atoms with Crippen LogP contribution in [0.4, 0.5) is 23.4 Å². The van der Waals surface area contributed by atoms with Gasteiger partial charge in [-0.05, 0) is 44.2 Å². The minimum Gasteiger partial charge on any atom is -0.473 e. The number of benzene rings is 1. The lowest BCUT2D eigenvalue weighted by Gasteiger charge is -2.17. The van der Waals surface area contributed by atoms with Gasteiger partial charge in [-0.15, -0.1) is 0 Å². The van der Waals surface area contributed by atoms with Gasteiger partial charge in [-0.1, -0.05) is 19.1 Å². The van der Waals surface area contributed by atoms with Crippen molar-refractivity contribution < 1.29 is 9.53 Å². The molecule has 1 amide bonds. The van der Waals surface area contributed by atoms with E-state index in [-0.39, 0.29) is 18.6 Å². The van der Waals surface area contributed by atoms with Gasteiger partial charge in [0.25, 0.3) is 0 Å². The molecule has 1 saturated heterocycles. The Kier molecular flexibility index (Phi) is 7.76. The van der Waals surface area contributed by atoms with E-state index in [9.17, 15) is 4.79 Å². The first kappa shape index (κ1) is 28.7. The number of ether oxygens (including phenoxy) is 1. The van der Waals surface area contributed by atoms with Gasteiger partial charge < -0.3 is 25.7 Å². The first-order valence-corrected chi connectivity index (χ1v) is 15.4. The fourth-order valence-corrected chi connectivity index (χ4v) is 5.64. The molecule has 0 unspecified atom stereocenters. The highest BCUT2D eigenvalue weighted by Gasteiger charge is 2.27. The van der Waals surface area contributed by atoms with E-state index in [1.54, 1.807) is 16.9 Å². The van der Waals surface area contributed by atoms with Gasteiger partial charge in [0.05, 0.1) is 23.4 Å². The first-order chi connectivity index (χ1) is 21.9. The molecular weight excluding hydrogens is 570 g/mol. The Balaban J connectivity index is 1.02. The Morgan fingerprint density at radius 2 is 2.02 bits per heavy atom. The maximum atomic E-state index is 13.2. The van der Waals surface area contributed by atoms with E-state index in [1.807, 2.05) is 50.6 Å². The van der Waals surface area contributed by atoms with Crippen molar-refractivity contribution in [1.82, 2.24) is 39.6 Å². The van der Waals surface area contributed by atoms with E-state index >= 15 is 0 Å². The predicted octanol–water partition coefficient (Wildman–Crippen LogP) is 4.43.